The fourth-order valence-electron chi connectivity index (χ4n) is 2.75. The summed E-state index contributed by atoms with van der Waals surface area (Å²) in [6.07, 6.45) is 1.12. The highest BCUT2D eigenvalue weighted by atomic mass is 19.1. The summed E-state index contributed by atoms with van der Waals surface area (Å²) in [6.45, 7) is 0. The van der Waals surface area contributed by atoms with E-state index in [1.54, 1.807) is 36.2 Å². The van der Waals surface area contributed by atoms with Crippen molar-refractivity contribution in [3.8, 4) is 0 Å². The largest absolute Gasteiger partial charge is 0.326 e. The summed E-state index contributed by atoms with van der Waals surface area (Å²) < 4.78 is 13.6. The van der Waals surface area contributed by atoms with Crippen molar-refractivity contribution in [1.82, 2.24) is 0 Å². The van der Waals surface area contributed by atoms with Crippen molar-refractivity contribution in [3.05, 3.63) is 59.4 Å². The molecule has 1 aliphatic rings. The molecule has 2 amide bonds. The number of nitrogens with zero attached hydrogens (tertiary/aromatic N) is 1. The third kappa shape index (κ3) is 3.23. The predicted molar refractivity (Wildman–Crippen MR) is 86.9 cm³/mol. The summed E-state index contributed by atoms with van der Waals surface area (Å²) in [5.41, 5.74) is 2.92. The summed E-state index contributed by atoms with van der Waals surface area (Å²) in [4.78, 5) is 25.4. The van der Waals surface area contributed by atoms with Gasteiger partial charge in [-0.25, -0.2) is 4.39 Å². The standard InChI is InChI=1S/C18H17FN2O2/c1-21-16-8-7-14(10-13(16)6-9-18(21)23)20-17(22)11-12-4-2-3-5-15(12)19/h2-5,7-8,10H,6,9,11H2,1H3,(H,20,22). The van der Waals surface area contributed by atoms with Crippen molar-refractivity contribution in [2.45, 2.75) is 19.3 Å². The van der Waals surface area contributed by atoms with Crippen molar-refractivity contribution in [2.75, 3.05) is 17.3 Å². The summed E-state index contributed by atoms with van der Waals surface area (Å²) in [5, 5.41) is 2.78. The summed E-state index contributed by atoms with van der Waals surface area (Å²) in [7, 11) is 1.75. The van der Waals surface area contributed by atoms with Gasteiger partial charge in [0.2, 0.25) is 11.8 Å². The number of nitrogens with one attached hydrogen (secondary N) is 1. The van der Waals surface area contributed by atoms with Crippen LogP contribution in [0.2, 0.25) is 0 Å². The SMILES string of the molecule is CN1C(=O)CCc2cc(NC(=O)Cc3ccccc3F)ccc21. The van der Waals surface area contributed by atoms with E-state index in [2.05, 4.69) is 5.32 Å². The maximum atomic E-state index is 13.6. The highest BCUT2D eigenvalue weighted by molar-refractivity contribution is 5.97. The lowest BCUT2D eigenvalue weighted by molar-refractivity contribution is -0.118. The van der Waals surface area contributed by atoms with Gasteiger partial charge in [-0.1, -0.05) is 18.2 Å². The Bertz CT molecular complexity index is 773. The van der Waals surface area contributed by atoms with E-state index in [4.69, 9.17) is 0 Å². The lowest BCUT2D eigenvalue weighted by Crippen LogP contribution is -2.31. The fraction of sp³-hybridized carbons (Fsp3) is 0.222. The molecule has 0 aromatic heterocycles. The van der Waals surface area contributed by atoms with Gasteiger partial charge in [0, 0.05) is 24.8 Å². The van der Waals surface area contributed by atoms with Crippen molar-refractivity contribution >= 4 is 23.2 Å². The van der Waals surface area contributed by atoms with Crippen LogP contribution >= 0.6 is 0 Å². The number of hydrogen-bond donors (Lipinski definition) is 1. The number of carbonyl (C=O) groups is 2. The minimum atomic E-state index is -0.381. The zero-order chi connectivity index (χ0) is 16.4. The van der Waals surface area contributed by atoms with Crippen molar-refractivity contribution < 1.29 is 14.0 Å². The van der Waals surface area contributed by atoms with Crippen molar-refractivity contribution in [1.29, 1.82) is 0 Å². The maximum Gasteiger partial charge on any atom is 0.228 e. The number of carbonyl (C=O) groups excluding carboxylic acids is 2. The van der Waals surface area contributed by atoms with Gasteiger partial charge in [0.15, 0.2) is 0 Å². The van der Waals surface area contributed by atoms with Crippen LogP contribution in [0.25, 0.3) is 0 Å². The lowest BCUT2D eigenvalue weighted by Gasteiger charge is -2.26. The van der Waals surface area contributed by atoms with Gasteiger partial charge in [-0.2, -0.15) is 0 Å². The smallest absolute Gasteiger partial charge is 0.228 e. The zero-order valence-corrected chi connectivity index (χ0v) is 12.8. The first-order valence-corrected chi connectivity index (χ1v) is 7.47. The Morgan fingerprint density at radius 3 is 2.78 bits per heavy atom. The van der Waals surface area contributed by atoms with Gasteiger partial charge < -0.3 is 10.2 Å². The van der Waals surface area contributed by atoms with E-state index in [0.717, 1.165) is 11.3 Å². The number of halogens is 1. The Balaban J connectivity index is 1.72. The molecule has 0 saturated carbocycles. The number of aryl methyl sites for hydroxylation is 1. The number of rotatable bonds is 3. The molecule has 0 spiro atoms. The number of hydrogen-bond acceptors (Lipinski definition) is 2. The Labute approximate surface area is 133 Å². The molecule has 23 heavy (non-hydrogen) atoms. The van der Waals surface area contributed by atoms with E-state index in [-0.39, 0.29) is 24.1 Å². The van der Waals surface area contributed by atoms with Crippen molar-refractivity contribution in [3.63, 3.8) is 0 Å². The normalized spacial score (nSPS) is 13.7. The molecule has 0 bridgehead atoms. The predicted octanol–water partition coefficient (Wildman–Crippen LogP) is 2.92. The zero-order valence-electron chi connectivity index (χ0n) is 12.8. The Hall–Kier alpha value is -2.69. The van der Waals surface area contributed by atoms with Crippen LogP contribution in [0.5, 0.6) is 0 Å². The number of fused-ring (bicyclic) bond motifs is 1. The molecule has 0 unspecified atom stereocenters. The van der Waals surface area contributed by atoms with E-state index in [1.807, 2.05) is 12.1 Å². The molecule has 1 heterocycles. The second-order valence-corrected chi connectivity index (χ2v) is 5.61. The van der Waals surface area contributed by atoms with Crippen LogP contribution in [-0.2, 0) is 22.4 Å². The van der Waals surface area contributed by atoms with Crippen LogP contribution in [0.3, 0.4) is 0 Å². The second-order valence-electron chi connectivity index (χ2n) is 5.61. The van der Waals surface area contributed by atoms with E-state index in [9.17, 15) is 14.0 Å². The van der Waals surface area contributed by atoms with E-state index in [0.29, 0.717) is 24.1 Å². The average molecular weight is 312 g/mol. The average Bonchev–Trinajstić information content (AvgIpc) is 2.53. The minimum absolute atomic E-state index is 0.0118. The van der Waals surface area contributed by atoms with Crippen LogP contribution in [0.15, 0.2) is 42.5 Å². The minimum Gasteiger partial charge on any atom is -0.326 e. The third-order valence-electron chi connectivity index (χ3n) is 4.02. The lowest BCUT2D eigenvalue weighted by atomic mass is 10.0. The van der Waals surface area contributed by atoms with Gasteiger partial charge in [0.25, 0.3) is 0 Å². The van der Waals surface area contributed by atoms with Crippen LogP contribution in [0.1, 0.15) is 17.5 Å². The highest BCUT2D eigenvalue weighted by Crippen LogP contribution is 2.29. The molecule has 0 radical (unpaired) electrons. The molecular formula is C18H17FN2O2. The molecule has 2 aromatic rings. The molecule has 0 atom stereocenters. The van der Waals surface area contributed by atoms with E-state index in [1.165, 1.54) is 6.07 Å². The Morgan fingerprint density at radius 2 is 2.00 bits per heavy atom. The molecule has 1 N–H and O–H groups in total. The summed E-state index contributed by atoms with van der Waals surface area (Å²) in [5.74, 6) is -0.558. The molecule has 5 heteroatoms. The molecular weight excluding hydrogens is 295 g/mol. The van der Waals surface area contributed by atoms with Crippen LogP contribution < -0.4 is 10.2 Å². The first-order chi connectivity index (χ1) is 11.0. The molecule has 0 saturated heterocycles. The van der Waals surface area contributed by atoms with Gasteiger partial charge in [-0.05, 0) is 41.8 Å². The van der Waals surface area contributed by atoms with Crippen LogP contribution in [-0.4, -0.2) is 18.9 Å². The Kier molecular flexibility index (Phi) is 4.10. The third-order valence-corrected chi connectivity index (χ3v) is 4.02. The molecule has 2 aromatic carbocycles. The van der Waals surface area contributed by atoms with Gasteiger partial charge in [-0.15, -0.1) is 0 Å². The molecule has 3 rings (SSSR count). The topological polar surface area (TPSA) is 49.4 Å². The summed E-state index contributed by atoms with van der Waals surface area (Å²) >= 11 is 0. The molecule has 0 aliphatic carbocycles. The molecule has 4 nitrogen and oxygen atoms in total. The first-order valence-electron chi connectivity index (χ1n) is 7.47. The van der Waals surface area contributed by atoms with E-state index >= 15 is 0 Å². The number of benzene rings is 2. The van der Waals surface area contributed by atoms with E-state index < -0.39 is 0 Å². The highest BCUT2D eigenvalue weighted by Gasteiger charge is 2.21. The van der Waals surface area contributed by atoms with Crippen molar-refractivity contribution in [2.24, 2.45) is 0 Å². The summed E-state index contributed by atoms with van der Waals surface area (Å²) in [6, 6.07) is 11.7. The van der Waals surface area contributed by atoms with Crippen LogP contribution in [0, 0.1) is 5.82 Å². The van der Waals surface area contributed by atoms with Gasteiger partial charge in [-0.3, -0.25) is 9.59 Å². The van der Waals surface area contributed by atoms with Crippen LogP contribution in [0.4, 0.5) is 15.8 Å². The first kappa shape index (κ1) is 15.2. The van der Waals surface area contributed by atoms with Gasteiger partial charge in [0.05, 0.1) is 6.42 Å². The number of anilines is 2. The van der Waals surface area contributed by atoms with Gasteiger partial charge >= 0.3 is 0 Å². The fourth-order valence-corrected chi connectivity index (χ4v) is 2.75. The molecule has 118 valence electrons. The number of amides is 2. The van der Waals surface area contributed by atoms with Gasteiger partial charge in [0.1, 0.15) is 5.82 Å². The maximum absolute atomic E-state index is 13.6. The second kappa shape index (κ2) is 6.20. The quantitative estimate of drug-likeness (QED) is 0.947. The Morgan fingerprint density at radius 1 is 1.22 bits per heavy atom. The molecule has 0 fully saturated rings. The molecule has 1 aliphatic heterocycles. The monoisotopic (exact) mass is 312 g/mol.